The maximum Gasteiger partial charge on any atom is 0.256 e. The van der Waals surface area contributed by atoms with Crippen LogP contribution in [0.2, 0.25) is 10.0 Å². The lowest BCUT2D eigenvalue weighted by Crippen LogP contribution is -2.21. The van der Waals surface area contributed by atoms with Crippen molar-refractivity contribution in [3.63, 3.8) is 0 Å². The summed E-state index contributed by atoms with van der Waals surface area (Å²) in [5, 5.41) is 5.70. The standard InChI is InChI=1S/C24H22Cl2N2O6/c1-31-13-5-7-19(21(9-13)33-3)27-23(29)15-11-17(25)18(26)12-16(15)24(30)28-20-8-6-14(32-2)10-22(20)34-4/h5-12H,1-4H3,(H,27,29)(H,28,30). The molecule has 0 heterocycles. The van der Waals surface area contributed by atoms with Crippen LogP contribution < -0.4 is 29.6 Å². The lowest BCUT2D eigenvalue weighted by Gasteiger charge is -2.15. The summed E-state index contributed by atoms with van der Waals surface area (Å²) >= 11 is 12.3. The molecule has 3 aromatic rings. The predicted molar refractivity (Wildman–Crippen MR) is 131 cm³/mol. The van der Waals surface area contributed by atoms with Crippen LogP contribution in [0.15, 0.2) is 48.5 Å². The molecule has 0 radical (unpaired) electrons. The van der Waals surface area contributed by atoms with Crippen LogP contribution >= 0.6 is 23.2 Å². The van der Waals surface area contributed by atoms with E-state index < -0.39 is 11.8 Å². The Hall–Kier alpha value is -3.62. The first-order chi connectivity index (χ1) is 16.3. The highest BCUT2D eigenvalue weighted by molar-refractivity contribution is 6.42. The number of hydrogen-bond donors (Lipinski definition) is 2. The summed E-state index contributed by atoms with van der Waals surface area (Å²) in [4.78, 5) is 26.3. The van der Waals surface area contributed by atoms with Gasteiger partial charge in [-0.25, -0.2) is 0 Å². The summed E-state index contributed by atoms with van der Waals surface area (Å²) in [6, 6.07) is 12.5. The Bertz CT molecular complexity index is 1140. The molecule has 8 nitrogen and oxygen atoms in total. The molecule has 3 aromatic carbocycles. The number of nitrogens with one attached hydrogen (secondary N) is 2. The van der Waals surface area contributed by atoms with E-state index in [0.29, 0.717) is 34.4 Å². The molecule has 2 N–H and O–H groups in total. The molecule has 0 aliphatic rings. The fourth-order valence-electron chi connectivity index (χ4n) is 3.11. The van der Waals surface area contributed by atoms with Crippen molar-refractivity contribution in [2.45, 2.75) is 0 Å². The van der Waals surface area contributed by atoms with Gasteiger partial charge in [0.2, 0.25) is 0 Å². The number of halogens is 2. The van der Waals surface area contributed by atoms with Crippen molar-refractivity contribution in [1.82, 2.24) is 0 Å². The van der Waals surface area contributed by atoms with Crippen molar-refractivity contribution in [3.05, 3.63) is 69.7 Å². The first-order valence-corrected chi connectivity index (χ1v) is 10.6. The van der Waals surface area contributed by atoms with Gasteiger partial charge in [0, 0.05) is 12.1 Å². The van der Waals surface area contributed by atoms with E-state index >= 15 is 0 Å². The molecule has 0 fully saturated rings. The van der Waals surface area contributed by atoms with Gasteiger partial charge in [0.05, 0.1) is 61.0 Å². The zero-order chi connectivity index (χ0) is 24.8. The second-order valence-electron chi connectivity index (χ2n) is 6.85. The average molecular weight is 505 g/mol. The molecule has 0 aliphatic heterocycles. The molecular formula is C24H22Cl2N2O6. The van der Waals surface area contributed by atoms with E-state index in [0.717, 1.165) is 0 Å². The Morgan fingerprint density at radius 2 is 1.00 bits per heavy atom. The quantitative estimate of drug-likeness (QED) is 0.418. The summed E-state index contributed by atoms with van der Waals surface area (Å²) in [6.45, 7) is 0. The molecular weight excluding hydrogens is 483 g/mol. The lowest BCUT2D eigenvalue weighted by molar-refractivity contribution is 0.0990. The van der Waals surface area contributed by atoms with E-state index in [2.05, 4.69) is 10.6 Å². The van der Waals surface area contributed by atoms with Crippen LogP contribution in [0.25, 0.3) is 0 Å². The van der Waals surface area contributed by atoms with Gasteiger partial charge in [-0.15, -0.1) is 0 Å². The highest BCUT2D eigenvalue weighted by atomic mass is 35.5. The van der Waals surface area contributed by atoms with Gasteiger partial charge in [0.25, 0.3) is 11.8 Å². The maximum atomic E-state index is 13.2. The van der Waals surface area contributed by atoms with E-state index in [9.17, 15) is 9.59 Å². The van der Waals surface area contributed by atoms with E-state index in [1.54, 1.807) is 36.4 Å². The molecule has 0 atom stereocenters. The van der Waals surface area contributed by atoms with Crippen molar-refractivity contribution in [2.75, 3.05) is 39.1 Å². The van der Waals surface area contributed by atoms with Crippen LogP contribution in [-0.2, 0) is 0 Å². The van der Waals surface area contributed by atoms with Gasteiger partial charge < -0.3 is 29.6 Å². The molecule has 2 amide bonds. The van der Waals surface area contributed by atoms with Crippen molar-refractivity contribution < 1.29 is 28.5 Å². The van der Waals surface area contributed by atoms with E-state index in [1.807, 2.05) is 0 Å². The number of rotatable bonds is 8. The van der Waals surface area contributed by atoms with Gasteiger partial charge in [-0.05, 0) is 36.4 Å². The lowest BCUT2D eigenvalue weighted by atomic mass is 10.1. The molecule has 0 aromatic heterocycles. The first kappa shape index (κ1) is 25.0. The van der Waals surface area contributed by atoms with Crippen LogP contribution in [0.1, 0.15) is 20.7 Å². The van der Waals surface area contributed by atoms with Gasteiger partial charge >= 0.3 is 0 Å². The molecule has 0 bridgehead atoms. The topological polar surface area (TPSA) is 95.1 Å². The largest absolute Gasteiger partial charge is 0.497 e. The first-order valence-electron chi connectivity index (χ1n) is 9.87. The highest BCUT2D eigenvalue weighted by Gasteiger charge is 2.22. The molecule has 3 rings (SSSR count). The molecule has 10 heteroatoms. The number of amides is 2. The van der Waals surface area contributed by atoms with Gasteiger partial charge in [-0.1, -0.05) is 23.2 Å². The van der Waals surface area contributed by atoms with E-state index in [1.165, 1.54) is 40.6 Å². The van der Waals surface area contributed by atoms with Gasteiger partial charge in [0.15, 0.2) is 0 Å². The number of benzene rings is 3. The third kappa shape index (κ3) is 5.47. The van der Waals surface area contributed by atoms with Gasteiger partial charge in [0.1, 0.15) is 23.0 Å². The zero-order valence-corrected chi connectivity index (χ0v) is 20.3. The average Bonchev–Trinajstić information content (AvgIpc) is 2.85. The van der Waals surface area contributed by atoms with Crippen molar-refractivity contribution in [3.8, 4) is 23.0 Å². The monoisotopic (exact) mass is 504 g/mol. The molecule has 0 aliphatic carbocycles. The van der Waals surface area contributed by atoms with E-state index in [-0.39, 0.29) is 21.2 Å². The maximum absolute atomic E-state index is 13.2. The number of carbonyl (C=O) groups is 2. The minimum absolute atomic E-state index is 0.0113. The van der Waals surface area contributed by atoms with Crippen molar-refractivity contribution in [1.29, 1.82) is 0 Å². The van der Waals surface area contributed by atoms with Crippen LogP contribution in [0, 0.1) is 0 Å². The summed E-state index contributed by atoms with van der Waals surface area (Å²) in [5.74, 6) is 0.682. The SMILES string of the molecule is COc1ccc(NC(=O)c2cc(Cl)c(Cl)cc2C(=O)Nc2ccc(OC)cc2OC)c(OC)c1. The molecule has 0 unspecified atom stereocenters. The molecule has 0 spiro atoms. The van der Waals surface area contributed by atoms with Crippen molar-refractivity contribution >= 4 is 46.4 Å². The Morgan fingerprint density at radius 1 is 0.618 bits per heavy atom. The highest BCUT2D eigenvalue weighted by Crippen LogP contribution is 2.33. The van der Waals surface area contributed by atoms with Crippen molar-refractivity contribution in [2.24, 2.45) is 0 Å². The Morgan fingerprint density at radius 3 is 1.32 bits per heavy atom. The summed E-state index contributed by atoms with van der Waals surface area (Å²) in [5.41, 5.74) is 0.777. The zero-order valence-electron chi connectivity index (χ0n) is 18.8. The number of methoxy groups -OCH3 is 4. The Labute approximate surface area is 206 Å². The minimum Gasteiger partial charge on any atom is -0.497 e. The minimum atomic E-state index is -0.589. The van der Waals surface area contributed by atoms with Gasteiger partial charge in [-0.2, -0.15) is 0 Å². The predicted octanol–water partition coefficient (Wildman–Crippen LogP) is 5.53. The van der Waals surface area contributed by atoms with Gasteiger partial charge in [-0.3, -0.25) is 9.59 Å². The number of hydrogen-bond acceptors (Lipinski definition) is 6. The fraction of sp³-hybridized carbons (Fsp3) is 0.167. The fourth-order valence-corrected chi connectivity index (χ4v) is 3.43. The Kier molecular flexibility index (Phi) is 8.09. The number of carbonyl (C=O) groups excluding carboxylic acids is 2. The molecule has 0 saturated carbocycles. The summed E-state index contributed by atoms with van der Waals surface area (Å²) in [6.07, 6.45) is 0. The van der Waals surface area contributed by atoms with Crippen LogP contribution in [0.3, 0.4) is 0 Å². The normalized spacial score (nSPS) is 10.3. The third-order valence-electron chi connectivity index (χ3n) is 4.86. The summed E-state index contributed by atoms with van der Waals surface area (Å²) < 4.78 is 21.0. The molecule has 178 valence electrons. The van der Waals surface area contributed by atoms with Crippen LogP contribution in [-0.4, -0.2) is 40.3 Å². The third-order valence-corrected chi connectivity index (χ3v) is 5.59. The number of anilines is 2. The van der Waals surface area contributed by atoms with Crippen LogP contribution in [0.4, 0.5) is 11.4 Å². The Balaban J connectivity index is 1.95. The molecule has 0 saturated heterocycles. The molecule has 34 heavy (non-hydrogen) atoms. The van der Waals surface area contributed by atoms with E-state index in [4.69, 9.17) is 42.1 Å². The number of ether oxygens (including phenoxy) is 4. The second kappa shape index (κ2) is 11.0. The smallest absolute Gasteiger partial charge is 0.256 e. The van der Waals surface area contributed by atoms with Crippen LogP contribution in [0.5, 0.6) is 23.0 Å². The summed E-state index contributed by atoms with van der Waals surface area (Å²) in [7, 11) is 5.96. The second-order valence-corrected chi connectivity index (χ2v) is 7.67.